The molecule has 0 saturated carbocycles. The van der Waals surface area contributed by atoms with Gasteiger partial charge in [0.05, 0.1) is 23.3 Å². The number of primary amides is 1. The smallest absolute Gasteiger partial charge is 0.254 e. The Labute approximate surface area is 200 Å². The minimum absolute atomic E-state index is 0.206. The minimum Gasteiger partial charge on any atom is -0.482 e. The molecule has 0 saturated heterocycles. The van der Waals surface area contributed by atoms with E-state index in [9.17, 15) is 4.79 Å². The van der Waals surface area contributed by atoms with Crippen LogP contribution in [0.15, 0.2) is 61.2 Å². The van der Waals surface area contributed by atoms with Gasteiger partial charge in [0.2, 0.25) is 0 Å². The lowest BCUT2D eigenvalue weighted by molar-refractivity contribution is 0.100. The first-order chi connectivity index (χ1) is 16.6. The van der Waals surface area contributed by atoms with E-state index in [2.05, 4.69) is 42.1 Å². The molecule has 3 heterocycles. The van der Waals surface area contributed by atoms with Crippen LogP contribution in [0.4, 0.5) is 17.3 Å². The fraction of sp³-hybridized carbons (Fsp3) is 0.174. The molecule has 1 unspecified atom stereocenters. The highest BCUT2D eigenvalue weighted by atomic mass is 32.2. The number of H-pyrrole nitrogens is 1. The average molecular weight is 477 g/mol. The van der Waals surface area contributed by atoms with Crippen LogP contribution in [0.2, 0.25) is 0 Å². The third kappa shape index (κ3) is 5.26. The summed E-state index contributed by atoms with van der Waals surface area (Å²) in [7, 11) is 0. The molecule has 34 heavy (non-hydrogen) atoms. The number of carbonyl (C=O) groups is 1. The summed E-state index contributed by atoms with van der Waals surface area (Å²) in [6.45, 7) is 3.98. The summed E-state index contributed by atoms with van der Waals surface area (Å²) in [6, 6.07) is 11.3. The lowest BCUT2D eigenvalue weighted by atomic mass is 10.1. The van der Waals surface area contributed by atoms with E-state index in [-0.39, 0.29) is 17.5 Å². The Bertz CT molecular complexity index is 1250. The van der Waals surface area contributed by atoms with Gasteiger partial charge in [-0.3, -0.25) is 19.9 Å². The van der Waals surface area contributed by atoms with Gasteiger partial charge in [-0.2, -0.15) is 5.10 Å². The topological polar surface area (TPSA) is 144 Å². The van der Waals surface area contributed by atoms with E-state index in [1.165, 1.54) is 12.4 Å². The van der Waals surface area contributed by atoms with Gasteiger partial charge in [-0.25, -0.2) is 4.98 Å². The number of benzene rings is 1. The lowest BCUT2D eigenvalue weighted by Gasteiger charge is -2.18. The molecule has 0 radical (unpaired) electrons. The molecule has 10 nitrogen and oxygen atoms in total. The molecule has 1 atom stereocenters. The van der Waals surface area contributed by atoms with Gasteiger partial charge >= 0.3 is 0 Å². The van der Waals surface area contributed by atoms with E-state index < -0.39 is 5.91 Å². The van der Waals surface area contributed by atoms with Crippen molar-refractivity contribution in [3.8, 4) is 17.0 Å². The molecule has 0 bridgehead atoms. The standard InChI is InChI=1S/C23H24N8O2S/c1-3-34-31-17-8-7-15(12-18(17)33-14(2)16-6-4-5-9-26-16)21-20(22(24)32)23(30-29-21)28-19-13-25-10-11-27-19/h4-14,31H,3H2,1-2H3,(H2,24,32)(H2,27,28,29,30). The number of aromatic nitrogens is 5. The number of aromatic amines is 1. The van der Waals surface area contributed by atoms with Gasteiger partial charge in [0.25, 0.3) is 5.91 Å². The van der Waals surface area contributed by atoms with E-state index in [1.807, 2.05) is 43.3 Å². The number of nitrogens with zero attached hydrogens (tertiary/aromatic N) is 4. The van der Waals surface area contributed by atoms with Crippen molar-refractivity contribution in [2.45, 2.75) is 20.0 Å². The average Bonchev–Trinajstić information content (AvgIpc) is 3.28. The molecule has 3 aromatic heterocycles. The molecule has 0 aliphatic heterocycles. The second-order valence-corrected chi connectivity index (χ2v) is 8.23. The Kier molecular flexibility index (Phi) is 7.23. The molecule has 174 valence electrons. The number of amides is 1. The van der Waals surface area contributed by atoms with Crippen molar-refractivity contribution in [2.75, 3.05) is 15.8 Å². The molecule has 5 N–H and O–H groups in total. The number of rotatable bonds is 10. The first-order valence-electron chi connectivity index (χ1n) is 10.6. The maximum Gasteiger partial charge on any atom is 0.254 e. The Morgan fingerprint density at radius 3 is 2.79 bits per heavy atom. The third-order valence-electron chi connectivity index (χ3n) is 4.83. The summed E-state index contributed by atoms with van der Waals surface area (Å²) >= 11 is 1.55. The number of hydrogen-bond donors (Lipinski definition) is 4. The maximum absolute atomic E-state index is 12.4. The predicted molar refractivity (Wildman–Crippen MR) is 133 cm³/mol. The molecule has 1 aromatic carbocycles. The molecular weight excluding hydrogens is 452 g/mol. The van der Waals surface area contributed by atoms with Crippen molar-refractivity contribution < 1.29 is 9.53 Å². The van der Waals surface area contributed by atoms with Crippen molar-refractivity contribution >= 4 is 35.2 Å². The molecule has 0 spiro atoms. The Morgan fingerprint density at radius 2 is 2.09 bits per heavy atom. The van der Waals surface area contributed by atoms with Crippen LogP contribution >= 0.6 is 11.9 Å². The molecular formula is C23H24N8O2S. The minimum atomic E-state index is -0.636. The molecule has 0 aliphatic carbocycles. The van der Waals surface area contributed by atoms with Gasteiger partial charge in [0.15, 0.2) is 5.82 Å². The van der Waals surface area contributed by atoms with Gasteiger partial charge in [-0.05, 0) is 31.2 Å². The van der Waals surface area contributed by atoms with Gasteiger partial charge in [0, 0.05) is 29.9 Å². The molecule has 0 fully saturated rings. The summed E-state index contributed by atoms with van der Waals surface area (Å²) in [5.41, 5.74) is 8.67. The monoisotopic (exact) mass is 476 g/mol. The van der Waals surface area contributed by atoms with Crippen LogP contribution in [-0.2, 0) is 0 Å². The molecule has 0 aliphatic rings. The fourth-order valence-corrected chi connectivity index (χ4v) is 3.71. The lowest BCUT2D eigenvalue weighted by Crippen LogP contribution is -2.13. The van der Waals surface area contributed by atoms with Crippen LogP contribution in [0.5, 0.6) is 5.75 Å². The van der Waals surface area contributed by atoms with Crippen molar-refractivity contribution in [1.82, 2.24) is 25.1 Å². The number of carbonyl (C=O) groups excluding carboxylic acids is 1. The van der Waals surface area contributed by atoms with Gasteiger partial charge in [0.1, 0.15) is 23.2 Å². The highest BCUT2D eigenvalue weighted by Gasteiger charge is 2.22. The fourth-order valence-electron chi connectivity index (χ4n) is 3.24. The first kappa shape index (κ1) is 23.1. The van der Waals surface area contributed by atoms with E-state index in [0.717, 1.165) is 17.1 Å². The number of anilines is 3. The molecule has 4 rings (SSSR count). The van der Waals surface area contributed by atoms with Crippen LogP contribution in [0.1, 0.15) is 36.0 Å². The van der Waals surface area contributed by atoms with Crippen LogP contribution in [0, 0.1) is 0 Å². The van der Waals surface area contributed by atoms with Gasteiger partial charge < -0.3 is 20.5 Å². The number of pyridine rings is 1. The second kappa shape index (κ2) is 10.7. The number of ether oxygens (including phenoxy) is 1. The Balaban J connectivity index is 1.70. The summed E-state index contributed by atoms with van der Waals surface area (Å²) < 4.78 is 9.57. The summed E-state index contributed by atoms with van der Waals surface area (Å²) in [5.74, 6) is 1.54. The van der Waals surface area contributed by atoms with Crippen molar-refractivity contribution in [1.29, 1.82) is 0 Å². The first-order valence-corrected chi connectivity index (χ1v) is 11.6. The van der Waals surface area contributed by atoms with E-state index in [4.69, 9.17) is 10.5 Å². The second-order valence-electron chi connectivity index (χ2n) is 7.16. The molecule has 11 heteroatoms. The van der Waals surface area contributed by atoms with Crippen LogP contribution < -0.4 is 20.5 Å². The van der Waals surface area contributed by atoms with E-state index in [1.54, 1.807) is 24.3 Å². The Hall–Kier alpha value is -4.12. The summed E-state index contributed by atoms with van der Waals surface area (Å²) in [4.78, 5) is 24.9. The number of nitrogens with one attached hydrogen (secondary N) is 3. The SMILES string of the molecule is CCSNc1ccc(-c2[nH]nc(Nc3cnccn3)c2C(N)=O)cc1OC(C)c1ccccn1. The zero-order valence-electron chi connectivity index (χ0n) is 18.6. The van der Waals surface area contributed by atoms with Gasteiger partial charge in [-0.15, -0.1) is 0 Å². The van der Waals surface area contributed by atoms with E-state index >= 15 is 0 Å². The predicted octanol–water partition coefficient (Wildman–Crippen LogP) is 4.32. The maximum atomic E-state index is 12.4. The van der Waals surface area contributed by atoms with Crippen LogP contribution in [0.3, 0.4) is 0 Å². The summed E-state index contributed by atoms with van der Waals surface area (Å²) in [5, 5.41) is 10.1. The molecule has 1 amide bonds. The van der Waals surface area contributed by atoms with Crippen molar-refractivity contribution in [3.63, 3.8) is 0 Å². The Morgan fingerprint density at radius 1 is 1.21 bits per heavy atom. The van der Waals surface area contributed by atoms with E-state index in [0.29, 0.717) is 22.8 Å². The number of hydrogen-bond acceptors (Lipinski definition) is 9. The van der Waals surface area contributed by atoms with Crippen molar-refractivity contribution in [2.24, 2.45) is 5.73 Å². The largest absolute Gasteiger partial charge is 0.482 e. The quantitative estimate of drug-likeness (QED) is 0.246. The third-order valence-corrected chi connectivity index (χ3v) is 5.48. The normalized spacial score (nSPS) is 11.6. The summed E-state index contributed by atoms with van der Waals surface area (Å²) in [6.07, 6.45) is 6.04. The zero-order valence-corrected chi connectivity index (χ0v) is 19.5. The number of nitrogens with two attached hydrogens (primary N) is 1. The zero-order chi connectivity index (χ0) is 23.9. The highest BCUT2D eigenvalue weighted by Crippen LogP contribution is 2.36. The van der Waals surface area contributed by atoms with Crippen LogP contribution in [0.25, 0.3) is 11.3 Å². The highest BCUT2D eigenvalue weighted by molar-refractivity contribution is 8.00. The van der Waals surface area contributed by atoms with Crippen molar-refractivity contribution in [3.05, 3.63) is 72.4 Å². The van der Waals surface area contributed by atoms with Crippen LogP contribution in [-0.4, -0.2) is 36.8 Å². The van der Waals surface area contributed by atoms with Gasteiger partial charge in [-0.1, -0.05) is 31.0 Å². The molecule has 4 aromatic rings.